The summed E-state index contributed by atoms with van der Waals surface area (Å²) in [6.07, 6.45) is 3.37. The summed E-state index contributed by atoms with van der Waals surface area (Å²) >= 11 is 9.55. The number of benzene rings is 1. The first-order valence-corrected chi connectivity index (χ1v) is 6.31. The normalized spacial score (nSPS) is 18.7. The number of aromatic hydroxyl groups is 1. The molecule has 0 spiro atoms. The van der Waals surface area contributed by atoms with Gasteiger partial charge in [-0.25, -0.2) is 0 Å². The second kappa shape index (κ2) is 3.67. The van der Waals surface area contributed by atoms with E-state index < -0.39 is 0 Å². The first kappa shape index (κ1) is 11.3. The third kappa shape index (κ3) is 1.78. The summed E-state index contributed by atoms with van der Waals surface area (Å²) < 4.78 is 0.698. The molecule has 1 aliphatic rings. The molecule has 0 aliphatic heterocycles. The molecule has 15 heavy (non-hydrogen) atoms. The van der Waals surface area contributed by atoms with Crippen molar-refractivity contribution in [2.24, 2.45) is 0 Å². The van der Waals surface area contributed by atoms with Gasteiger partial charge in [0.1, 0.15) is 5.75 Å². The SMILES string of the molecule is CC1(C)CCCc2cc(Br)c(O)c(Cl)c21. The molecule has 0 aromatic heterocycles. The fourth-order valence-corrected chi connectivity index (χ4v) is 3.50. The van der Waals surface area contributed by atoms with Crippen LogP contribution < -0.4 is 0 Å². The molecule has 0 saturated carbocycles. The number of hydrogen-bond donors (Lipinski definition) is 1. The van der Waals surface area contributed by atoms with Crippen LogP contribution in [0.15, 0.2) is 10.5 Å². The number of hydrogen-bond acceptors (Lipinski definition) is 1. The summed E-state index contributed by atoms with van der Waals surface area (Å²) in [6.45, 7) is 4.37. The van der Waals surface area contributed by atoms with Crippen molar-refractivity contribution in [1.82, 2.24) is 0 Å². The second-order valence-corrected chi connectivity index (χ2v) is 6.02. The Labute approximate surface area is 104 Å². The molecule has 0 radical (unpaired) electrons. The number of phenols is 1. The molecule has 0 saturated heterocycles. The Kier molecular flexibility index (Phi) is 2.76. The molecule has 1 aliphatic carbocycles. The maximum atomic E-state index is 9.82. The zero-order valence-corrected chi connectivity index (χ0v) is 11.2. The van der Waals surface area contributed by atoms with Crippen LogP contribution in [0, 0.1) is 0 Å². The lowest BCUT2D eigenvalue weighted by Crippen LogP contribution is -2.24. The van der Waals surface area contributed by atoms with Gasteiger partial charge in [0, 0.05) is 0 Å². The van der Waals surface area contributed by atoms with Gasteiger partial charge in [0.15, 0.2) is 0 Å². The summed E-state index contributed by atoms with van der Waals surface area (Å²) in [5.41, 5.74) is 2.46. The molecule has 1 aromatic rings. The van der Waals surface area contributed by atoms with E-state index in [0.717, 1.165) is 18.4 Å². The van der Waals surface area contributed by atoms with E-state index in [-0.39, 0.29) is 11.2 Å². The second-order valence-electron chi connectivity index (χ2n) is 4.79. The molecular weight excluding hydrogens is 275 g/mol. The highest BCUT2D eigenvalue weighted by atomic mass is 79.9. The molecule has 0 atom stereocenters. The quantitative estimate of drug-likeness (QED) is 0.749. The van der Waals surface area contributed by atoms with E-state index in [4.69, 9.17) is 11.6 Å². The van der Waals surface area contributed by atoms with Gasteiger partial charge in [-0.2, -0.15) is 0 Å². The topological polar surface area (TPSA) is 20.2 Å². The van der Waals surface area contributed by atoms with Gasteiger partial charge in [0.2, 0.25) is 0 Å². The van der Waals surface area contributed by atoms with E-state index in [0.29, 0.717) is 9.50 Å². The maximum Gasteiger partial charge on any atom is 0.148 e. The minimum Gasteiger partial charge on any atom is -0.505 e. The number of aryl methyl sites for hydroxylation is 1. The predicted octanol–water partition coefficient (Wildman–Crippen LogP) is 4.42. The first-order chi connectivity index (χ1) is 6.93. The van der Waals surface area contributed by atoms with Crippen molar-refractivity contribution in [1.29, 1.82) is 0 Å². The van der Waals surface area contributed by atoms with Crippen LogP contribution in [0.5, 0.6) is 5.75 Å². The fourth-order valence-electron chi connectivity index (χ4n) is 2.43. The molecule has 3 heteroatoms. The minimum atomic E-state index is 0.0723. The summed E-state index contributed by atoms with van der Waals surface area (Å²) in [5.74, 6) is 0.172. The molecule has 1 aromatic carbocycles. The Morgan fingerprint density at radius 3 is 2.80 bits per heavy atom. The summed E-state index contributed by atoms with van der Waals surface area (Å²) in [6, 6.07) is 2.00. The van der Waals surface area contributed by atoms with Crippen molar-refractivity contribution in [2.45, 2.75) is 38.5 Å². The van der Waals surface area contributed by atoms with E-state index in [2.05, 4.69) is 29.8 Å². The lowest BCUT2D eigenvalue weighted by atomic mass is 9.73. The van der Waals surface area contributed by atoms with Gasteiger partial charge in [-0.15, -0.1) is 0 Å². The largest absolute Gasteiger partial charge is 0.505 e. The average molecular weight is 290 g/mol. The van der Waals surface area contributed by atoms with Gasteiger partial charge in [0.05, 0.1) is 9.50 Å². The van der Waals surface area contributed by atoms with Gasteiger partial charge in [-0.1, -0.05) is 25.4 Å². The highest BCUT2D eigenvalue weighted by Crippen LogP contribution is 2.46. The molecule has 1 N–H and O–H groups in total. The Morgan fingerprint density at radius 1 is 1.47 bits per heavy atom. The van der Waals surface area contributed by atoms with Gasteiger partial charge >= 0.3 is 0 Å². The lowest BCUT2D eigenvalue weighted by Gasteiger charge is -2.33. The van der Waals surface area contributed by atoms with Crippen LogP contribution in [-0.4, -0.2) is 5.11 Å². The lowest BCUT2D eigenvalue weighted by molar-refractivity contribution is 0.422. The van der Waals surface area contributed by atoms with Gasteiger partial charge < -0.3 is 5.11 Å². The van der Waals surface area contributed by atoms with Crippen molar-refractivity contribution in [3.05, 3.63) is 26.7 Å². The van der Waals surface area contributed by atoms with Crippen LogP contribution in [-0.2, 0) is 11.8 Å². The van der Waals surface area contributed by atoms with Crippen molar-refractivity contribution in [2.75, 3.05) is 0 Å². The molecule has 2 rings (SSSR count). The Balaban J connectivity index is 2.71. The zero-order chi connectivity index (χ0) is 11.2. The van der Waals surface area contributed by atoms with Crippen molar-refractivity contribution < 1.29 is 5.11 Å². The van der Waals surface area contributed by atoms with Crippen LogP contribution >= 0.6 is 27.5 Å². The van der Waals surface area contributed by atoms with Crippen molar-refractivity contribution in [3.8, 4) is 5.75 Å². The molecule has 0 unspecified atom stereocenters. The Bertz CT molecular complexity index is 413. The minimum absolute atomic E-state index is 0.0723. The molecule has 0 fully saturated rings. The maximum absolute atomic E-state index is 9.82. The van der Waals surface area contributed by atoms with Gasteiger partial charge in [-0.05, 0) is 57.8 Å². The van der Waals surface area contributed by atoms with Crippen LogP contribution in [0.4, 0.5) is 0 Å². The summed E-state index contributed by atoms with van der Waals surface area (Å²) in [7, 11) is 0. The monoisotopic (exact) mass is 288 g/mol. The summed E-state index contributed by atoms with van der Waals surface area (Å²) in [5, 5.41) is 10.3. The van der Waals surface area contributed by atoms with Gasteiger partial charge in [0.25, 0.3) is 0 Å². The zero-order valence-electron chi connectivity index (χ0n) is 8.90. The van der Waals surface area contributed by atoms with Gasteiger partial charge in [-0.3, -0.25) is 0 Å². The fraction of sp³-hybridized carbons (Fsp3) is 0.500. The van der Waals surface area contributed by atoms with E-state index in [1.54, 1.807) is 0 Å². The Hall–Kier alpha value is -0.210. The van der Waals surface area contributed by atoms with E-state index in [1.165, 1.54) is 12.0 Å². The number of phenolic OH excluding ortho intramolecular Hbond substituents is 1. The third-order valence-electron chi connectivity index (χ3n) is 3.20. The molecule has 0 bridgehead atoms. The Morgan fingerprint density at radius 2 is 2.13 bits per heavy atom. The predicted molar refractivity (Wildman–Crippen MR) is 66.8 cm³/mol. The van der Waals surface area contributed by atoms with Crippen LogP contribution in [0.25, 0.3) is 0 Å². The highest BCUT2D eigenvalue weighted by molar-refractivity contribution is 9.10. The number of halogens is 2. The number of fused-ring (bicyclic) bond motifs is 1. The van der Waals surface area contributed by atoms with E-state index in [9.17, 15) is 5.11 Å². The van der Waals surface area contributed by atoms with E-state index in [1.807, 2.05) is 6.07 Å². The molecule has 82 valence electrons. The van der Waals surface area contributed by atoms with Crippen molar-refractivity contribution >= 4 is 27.5 Å². The van der Waals surface area contributed by atoms with Crippen LogP contribution in [0.1, 0.15) is 37.8 Å². The first-order valence-electron chi connectivity index (χ1n) is 5.14. The smallest absolute Gasteiger partial charge is 0.148 e. The van der Waals surface area contributed by atoms with Crippen LogP contribution in [0.2, 0.25) is 5.02 Å². The number of rotatable bonds is 0. The average Bonchev–Trinajstić information content (AvgIpc) is 2.12. The van der Waals surface area contributed by atoms with E-state index >= 15 is 0 Å². The molecule has 1 nitrogen and oxygen atoms in total. The van der Waals surface area contributed by atoms with Crippen molar-refractivity contribution in [3.63, 3.8) is 0 Å². The molecular formula is C12H14BrClO. The summed E-state index contributed by atoms with van der Waals surface area (Å²) in [4.78, 5) is 0. The highest BCUT2D eigenvalue weighted by Gasteiger charge is 2.31. The van der Waals surface area contributed by atoms with Crippen LogP contribution in [0.3, 0.4) is 0 Å². The molecule has 0 heterocycles. The molecule has 0 amide bonds. The third-order valence-corrected chi connectivity index (χ3v) is 4.17. The standard InChI is InChI=1S/C12H14BrClO/c1-12(2)5-3-4-7-6-8(13)11(15)10(14)9(7)12/h6,15H,3-5H2,1-2H3.